The second-order valence-corrected chi connectivity index (χ2v) is 5.64. The van der Waals surface area contributed by atoms with Gasteiger partial charge in [-0.15, -0.1) is 12.3 Å². The first-order valence-electron chi connectivity index (χ1n) is 7.47. The van der Waals surface area contributed by atoms with Crippen molar-refractivity contribution in [3.8, 4) is 18.1 Å². The molecule has 2 heteroatoms. The van der Waals surface area contributed by atoms with E-state index in [1.54, 1.807) is 13.2 Å². The molecule has 3 rings (SSSR count). The van der Waals surface area contributed by atoms with Gasteiger partial charge < -0.3 is 4.74 Å². The van der Waals surface area contributed by atoms with Gasteiger partial charge in [0, 0.05) is 12.3 Å². The maximum Gasteiger partial charge on any atom is 0.160 e. The van der Waals surface area contributed by atoms with Crippen LogP contribution in [0.15, 0.2) is 42.5 Å². The fourth-order valence-electron chi connectivity index (χ4n) is 2.96. The highest BCUT2D eigenvalue weighted by atomic mass is 16.5. The van der Waals surface area contributed by atoms with Crippen LogP contribution < -0.4 is 4.74 Å². The number of ketones is 1. The molecule has 0 aliphatic heterocycles. The number of terminal acetylenes is 1. The lowest BCUT2D eigenvalue weighted by Gasteiger charge is -2.19. The Morgan fingerprint density at radius 3 is 2.73 bits per heavy atom. The molecule has 0 radical (unpaired) electrons. The summed E-state index contributed by atoms with van der Waals surface area (Å²) in [5.41, 5.74) is 2.22. The molecular weight excluding hydrogens is 272 g/mol. The van der Waals surface area contributed by atoms with Crippen molar-refractivity contribution < 1.29 is 9.53 Å². The van der Waals surface area contributed by atoms with Gasteiger partial charge in [0.25, 0.3) is 0 Å². The molecule has 2 nitrogen and oxygen atoms in total. The molecule has 22 heavy (non-hydrogen) atoms. The Bertz CT molecular complexity index is 793. The summed E-state index contributed by atoms with van der Waals surface area (Å²) in [6, 6.07) is 12.3. The maximum absolute atomic E-state index is 12.1. The van der Waals surface area contributed by atoms with E-state index >= 15 is 0 Å². The molecule has 0 spiro atoms. The van der Waals surface area contributed by atoms with Gasteiger partial charge >= 0.3 is 0 Å². The average molecular weight is 290 g/mol. The van der Waals surface area contributed by atoms with Crippen molar-refractivity contribution >= 4 is 22.1 Å². The van der Waals surface area contributed by atoms with E-state index in [-0.39, 0.29) is 11.7 Å². The topological polar surface area (TPSA) is 26.3 Å². The van der Waals surface area contributed by atoms with E-state index in [1.807, 2.05) is 18.2 Å². The molecule has 0 bridgehead atoms. The molecule has 0 aromatic heterocycles. The van der Waals surface area contributed by atoms with Gasteiger partial charge in [-0.2, -0.15) is 0 Å². The van der Waals surface area contributed by atoms with Gasteiger partial charge in [0.05, 0.1) is 7.11 Å². The normalized spacial score (nSPS) is 17.9. The van der Waals surface area contributed by atoms with Crippen LogP contribution in [-0.4, -0.2) is 12.9 Å². The van der Waals surface area contributed by atoms with Crippen molar-refractivity contribution in [1.29, 1.82) is 0 Å². The van der Waals surface area contributed by atoms with Crippen LogP contribution in [0.1, 0.15) is 24.8 Å². The van der Waals surface area contributed by atoms with Gasteiger partial charge in [0.2, 0.25) is 0 Å². The Balaban J connectivity index is 1.93. The van der Waals surface area contributed by atoms with Crippen molar-refractivity contribution in [3.63, 3.8) is 0 Å². The summed E-state index contributed by atoms with van der Waals surface area (Å²) in [5.74, 6) is 3.61. The molecule has 2 aromatic carbocycles. The highest BCUT2D eigenvalue weighted by Crippen LogP contribution is 2.32. The summed E-state index contributed by atoms with van der Waals surface area (Å²) in [6.45, 7) is 0. The summed E-state index contributed by atoms with van der Waals surface area (Å²) in [7, 11) is 1.67. The lowest BCUT2D eigenvalue weighted by molar-refractivity contribution is -0.118. The monoisotopic (exact) mass is 290 g/mol. The number of fused-ring (bicyclic) bond motifs is 1. The van der Waals surface area contributed by atoms with Gasteiger partial charge in [0.15, 0.2) is 5.78 Å². The number of rotatable bonds is 3. The van der Waals surface area contributed by atoms with E-state index in [0.29, 0.717) is 6.42 Å². The van der Waals surface area contributed by atoms with Crippen LogP contribution in [-0.2, 0) is 4.79 Å². The molecule has 0 N–H and O–H groups in total. The third-order valence-electron chi connectivity index (χ3n) is 4.26. The van der Waals surface area contributed by atoms with Crippen molar-refractivity contribution in [2.75, 3.05) is 7.11 Å². The number of benzene rings is 2. The van der Waals surface area contributed by atoms with Crippen LogP contribution in [0.4, 0.5) is 0 Å². The molecule has 0 heterocycles. The molecule has 0 saturated heterocycles. The lowest BCUT2D eigenvalue weighted by Crippen LogP contribution is -2.16. The van der Waals surface area contributed by atoms with Gasteiger partial charge in [-0.25, -0.2) is 0 Å². The van der Waals surface area contributed by atoms with Gasteiger partial charge in [-0.3, -0.25) is 4.79 Å². The highest BCUT2D eigenvalue weighted by Gasteiger charge is 2.22. The third kappa shape index (κ3) is 2.76. The van der Waals surface area contributed by atoms with Gasteiger partial charge in [-0.05, 0) is 59.0 Å². The van der Waals surface area contributed by atoms with Crippen molar-refractivity contribution in [2.24, 2.45) is 5.92 Å². The number of allylic oxidation sites excluding steroid dienone is 2. The molecule has 0 saturated carbocycles. The third-order valence-corrected chi connectivity index (χ3v) is 4.26. The lowest BCUT2D eigenvalue weighted by atomic mass is 9.84. The maximum atomic E-state index is 12.1. The van der Waals surface area contributed by atoms with E-state index in [1.165, 1.54) is 0 Å². The van der Waals surface area contributed by atoms with E-state index in [4.69, 9.17) is 11.2 Å². The molecule has 2 aromatic rings. The van der Waals surface area contributed by atoms with Crippen LogP contribution >= 0.6 is 0 Å². The molecule has 1 atom stereocenters. The molecular formula is C20H18O2. The predicted octanol–water partition coefficient (Wildman–Crippen LogP) is 4.23. The minimum atomic E-state index is -0.00142. The van der Waals surface area contributed by atoms with E-state index in [0.717, 1.165) is 40.5 Å². The van der Waals surface area contributed by atoms with Crippen LogP contribution in [0.25, 0.3) is 16.3 Å². The molecule has 1 unspecified atom stereocenters. The summed E-state index contributed by atoms with van der Waals surface area (Å²) >= 11 is 0. The zero-order valence-electron chi connectivity index (χ0n) is 12.6. The molecule has 110 valence electrons. The fraction of sp³-hybridized carbons (Fsp3) is 0.250. The Morgan fingerprint density at radius 2 is 2.00 bits per heavy atom. The minimum Gasteiger partial charge on any atom is -0.497 e. The number of hydrogen-bond donors (Lipinski definition) is 0. The SMILES string of the molecule is C#CCC1CCC(c2ccc3cc(OC)ccc3c2)=CC1=O. The van der Waals surface area contributed by atoms with Crippen LogP contribution in [0.2, 0.25) is 0 Å². The van der Waals surface area contributed by atoms with Crippen LogP contribution in [0.5, 0.6) is 5.75 Å². The van der Waals surface area contributed by atoms with Gasteiger partial charge in [0.1, 0.15) is 5.75 Å². The van der Waals surface area contributed by atoms with E-state index in [9.17, 15) is 4.79 Å². The quantitative estimate of drug-likeness (QED) is 0.791. The van der Waals surface area contributed by atoms with Crippen LogP contribution in [0, 0.1) is 18.3 Å². The second-order valence-electron chi connectivity index (χ2n) is 5.64. The summed E-state index contributed by atoms with van der Waals surface area (Å²) in [6.07, 6.45) is 9.38. The zero-order chi connectivity index (χ0) is 15.5. The predicted molar refractivity (Wildman–Crippen MR) is 89.7 cm³/mol. The smallest absolute Gasteiger partial charge is 0.160 e. The van der Waals surface area contributed by atoms with Crippen molar-refractivity contribution in [3.05, 3.63) is 48.0 Å². The number of hydrogen-bond acceptors (Lipinski definition) is 2. The standard InChI is InChI=1S/C20H18O2/c1-3-4-14-5-6-18(13-20(14)21)15-7-8-17-12-19(22-2)10-9-16(17)11-15/h1,7-14H,4-6H2,2H3. The highest BCUT2D eigenvalue weighted by molar-refractivity contribution is 6.01. The van der Waals surface area contributed by atoms with Crippen LogP contribution in [0.3, 0.4) is 0 Å². The summed E-state index contributed by atoms with van der Waals surface area (Å²) in [5, 5.41) is 2.29. The number of methoxy groups -OCH3 is 1. The largest absolute Gasteiger partial charge is 0.497 e. The first-order chi connectivity index (χ1) is 10.7. The first kappa shape index (κ1) is 14.4. The Kier molecular flexibility index (Phi) is 3.98. The Labute approximate surface area is 130 Å². The number of carbonyl (C=O) groups excluding carboxylic acids is 1. The van der Waals surface area contributed by atoms with E-state index in [2.05, 4.69) is 24.1 Å². The molecule has 1 aliphatic carbocycles. The summed E-state index contributed by atoms with van der Waals surface area (Å²) < 4.78 is 5.25. The van der Waals surface area contributed by atoms with Crippen molar-refractivity contribution in [2.45, 2.75) is 19.3 Å². The van der Waals surface area contributed by atoms with Gasteiger partial charge in [-0.1, -0.05) is 18.2 Å². The molecule has 1 aliphatic rings. The molecule has 0 amide bonds. The Morgan fingerprint density at radius 1 is 1.23 bits per heavy atom. The average Bonchev–Trinajstić information content (AvgIpc) is 2.56. The Hall–Kier alpha value is -2.53. The van der Waals surface area contributed by atoms with E-state index < -0.39 is 0 Å². The minimum absolute atomic E-state index is 0.00142. The second kappa shape index (κ2) is 6.07. The van der Waals surface area contributed by atoms with Crippen molar-refractivity contribution in [1.82, 2.24) is 0 Å². The summed E-state index contributed by atoms with van der Waals surface area (Å²) in [4.78, 5) is 12.1. The number of carbonyl (C=O) groups is 1. The fourth-order valence-corrected chi connectivity index (χ4v) is 2.96. The first-order valence-corrected chi connectivity index (χ1v) is 7.47. The zero-order valence-corrected chi connectivity index (χ0v) is 12.6. The number of ether oxygens (including phenoxy) is 1. The molecule has 0 fully saturated rings.